The molecule has 276 valence electrons. The van der Waals surface area contributed by atoms with Crippen LogP contribution in [0.4, 0.5) is 22.7 Å². The van der Waals surface area contributed by atoms with E-state index in [-0.39, 0.29) is 34.8 Å². The largest absolute Gasteiger partial charge is 0.335 e. The maximum Gasteiger partial charge on any atom is 0.229 e. The molecule has 4 aromatic carbocycles. The molecule has 2 aliphatic heterocycles. The Morgan fingerprint density at radius 1 is 0.800 bits per heavy atom. The van der Waals surface area contributed by atoms with Crippen LogP contribution in [0.25, 0.3) is 11.1 Å². The summed E-state index contributed by atoms with van der Waals surface area (Å²) in [6.07, 6.45) is 23.7. The third-order valence-electron chi connectivity index (χ3n) is 12.3. The number of benzene rings is 4. The van der Waals surface area contributed by atoms with Gasteiger partial charge < -0.3 is 9.80 Å². The summed E-state index contributed by atoms with van der Waals surface area (Å²) in [5, 5.41) is -0.243. The fourth-order valence-corrected chi connectivity index (χ4v) is 9.30. The van der Waals surface area contributed by atoms with E-state index in [2.05, 4.69) is 217 Å². The van der Waals surface area contributed by atoms with Gasteiger partial charge in [-0.3, -0.25) is 0 Å². The zero-order valence-electron chi connectivity index (χ0n) is 34.0. The van der Waals surface area contributed by atoms with Gasteiger partial charge in [0.15, 0.2) is 0 Å². The Bertz CT molecular complexity index is 2320. The monoisotopic (exact) mass is 718 g/mol. The van der Waals surface area contributed by atoms with Crippen LogP contribution in [0.15, 0.2) is 175 Å². The Morgan fingerprint density at radius 3 is 2.25 bits per heavy atom. The van der Waals surface area contributed by atoms with E-state index in [4.69, 9.17) is 0 Å². The van der Waals surface area contributed by atoms with Crippen molar-refractivity contribution in [3.05, 3.63) is 181 Å². The second kappa shape index (κ2) is 13.8. The molecule has 0 aromatic heterocycles. The van der Waals surface area contributed by atoms with E-state index in [1.54, 1.807) is 0 Å². The van der Waals surface area contributed by atoms with Gasteiger partial charge in [0.05, 0.1) is 6.04 Å². The average molecular weight is 719 g/mol. The smallest absolute Gasteiger partial charge is 0.229 e. The first kappa shape index (κ1) is 36.7. The van der Waals surface area contributed by atoms with Crippen LogP contribution in [0.5, 0.6) is 0 Å². The molecule has 3 heteroatoms. The van der Waals surface area contributed by atoms with Crippen molar-refractivity contribution in [3.63, 3.8) is 0 Å². The summed E-state index contributed by atoms with van der Waals surface area (Å²) in [6, 6.07) is 34.6. The number of fused-ring (bicyclic) bond motifs is 4. The van der Waals surface area contributed by atoms with E-state index in [1.165, 1.54) is 61.6 Å². The van der Waals surface area contributed by atoms with Crippen LogP contribution in [0.3, 0.4) is 0 Å². The quantitative estimate of drug-likeness (QED) is 0.145. The molecule has 0 N–H and O–H groups in total. The minimum absolute atomic E-state index is 0.0161. The van der Waals surface area contributed by atoms with E-state index in [1.807, 2.05) is 6.92 Å². The molecule has 0 radical (unpaired) electrons. The van der Waals surface area contributed by atoms with Gasteiger partial charge >= 0.3 is 0 Å². The predicted molar refractivity (Wildman–Crippen MR) is 240 cm³/mol. The summed E-state index contributed by atoms with van der Waals surface area (Å²) in [6.45, 7) is 23.2. The average Bonchev–Trinajstić information content (AvgIpc) is 3.17. The molecule has 0 saturated heterocycles. The molecule has 0 fully saturated rings. The maximum atomic E-state index is 4.53. The lowest BCUT2D eigenvalue weighted by atomic mass is 9.23. The summed E-state index contributed by atoms with van der Waals surface area (Å²) in [4.78, 5) is 5.23. The molecule has 2 heterocycles. The summed E-state index contributed by atoms with van der Waals surface area (Å²) in [5.74, 6) is 0.208. The molecule has 55 heavy (non-hydrogen) atoms. The third-order valence-corrected chi connectivity index (χ3v) is 12.3. The summed E-state index contributed by atoms with van der Waals surface area (Å²) >= 11 is 0. The van der Waals surface area contributed by atoms with E-state index in [0.29, 0.717) is 0 Å². The van der Waals surface area contributed by atoms with Crippen molar-refractivity contribution in [1.82, 2.24) is 0 Å². The number of rotatable bonds is 6. The van der Waals surface area contributed by atoms with Crippen molar-refractivity contribution in [1.29, 1.82) is 0 Å². The number of anilines is 4. The first-order valence-electron chi connectivity index (χ1n) is 20.1. The number of allylic oxidation sites excluding steroid dienone is 11. The standard InChI is InChI=1S/C52H55BN2/c1-10-11-13-18-36(2)38-21-16-22-43(33-38)54-45-23-17-24-46-49(45)53(44-31-25-39(34-47(44)54)37-19-14-12-15-20-37)52(9)35-41(51(6,7)8)28-32-48(52)55(46)42-29-26-40(27-30-42)50(3,4)5/h10-32,34-35,38,48H,2,33H2,1,3-9H3/b11-10-,18-13-. The second-order valence-electron chi connectivity index (χ2n) is 18.1. The molecule has 0 bridgehead atoms. The molecule has 0 amide bonds. The highest BCUT2D eigenvalue weighted by molar-refractivity contribution is 6.92. The molecule has 4 aliphatic rings. The van der Waals surface area contributed by atoms with Gasteiger partial charge in [0, 0.05) is 34.4 Å². The number of hydrogen-bond acceptors (Lipinski definition) is 2. The van der Waals surface area contributed by atoms with Crippen LogP contribution >= 0.6 is 0 Å². The van der Waals surface area contributed by atoms with Crippen molar-refractivity contribution in [3.8, 4) is 11.1 Å². The van der Waals surface area contributed by atoms with Crippen LogP contribution in [0, 0.1) is 11.3 Å². The van der Waals surface area contributed by atoms with Gasteiger partial charge in [-0.2, -0.15) is 0 Å². The lowest BCUT2D eigenvalue weighted by Gasteiger charge is -2.56. The summed E-state index contributed by atoms with van der Waals surface area (Å²) in [7, 11) is 0. The summed E-state index contributed by atoms with van der Waals surface area (Å²) in [5.41, 5.74) is 15.6. The lowest BCUT2D eigenvalue weighted by molar-refractivity contribution is 0.496. The van der Waals surface area contributed by atoms with Crippen LogP contribution in [-0.4, -0.2) is 12.8 Å². The third kappa shape index (κ3) is 6.42. The van der Waals surface area contributed by atoms with Crippen molar-refractivity contribution >= 4 is 40.4 Å². The van der Waals surface area contributed by atoms with Crippen LogP contribution < -0.4 is 20.7 Å². The molecular weight excluding hydrogens is 663 g/mol. The molecular formula is C52H55BN2. The minimum Gasteiger partial charge on any atom is -0.335 e. The highest BCUT2D eigenvalue weighted by Gasteiger charge is 2.56. The van der Waals surface area contributed by atoms with Gasteiger partial charge in [-0.1, -0.05) is 170 Å². The zero-order valence-corrected chi connectivity index (χ0v) is 34.0. The van der Waals surface area contributed by atoms with Crippen LogP contribution in [0.1, 0.15) is 67.4 Å². The van der Waals surface area contributed by atoms with Gasteiger partial charge in [0.1, 0.15) is 0 Å². The molecule has 2 aliphatic carbocycles. The first-order chi connectivity index (χ1) is 26.3. The van der Waals surface area contributed by atoms with Crippen molar-refractivity contribution in [2.75, 3.05) is 9.80 Å². The highest BCUT2D eigenvalue weighted by Crippen LogP contribution is 2.55. The Kier molecular flexibility index (Phi) is 9.20. The first-order valence-corrected chi connectivity index (χ1v) is 20.1. The Balaban J connectivity index is 1.37. The molecule has 0 spiro atoms. The Hall–Kier alpha value is -5.28. The molecule has 8 rings (SSSR count). The topological polar surface area (TPSA) is 6.48 Å². The van der Waals surface area contributed by atoms with Crippen molar-refractivity contribution < 1.29 is 0 Å². The van der Waals surface area contributed by atoms with E-state index in [9.17, 15) is 0 Å². The van der Waals surface area contributed by atoms with E-state index < -0.39 is 0 Å². The van der Waals surface area contributed by atoms with Crippen molar-refractivity contribution in [2.45, 2.75) is 78.6 Å². The van der Waals surface area contributed by atoms with Crippen LogP contribution in [0.2, 0.25) is 5.31 Å². The number of nitrogens with zero attached hydrogens (tertiary/aromatic N) is 2. The Morgan fingerprint density at radius 2 is 1.55 bits per heavy atom. The van der Waals surface area contributed by atoms with E-state index >= 15 is 0 Å². The molecule has 0 saturated carbocycles. The molecule has 3 unspecified atom stereocenters. The molecule has 3 atom stereocenters. The van der Waals surface area contributed by atoms with Crippen LogP contribution in [-0.2, 0) is 5.41 Å². The zero-order chi connectivity index (χ0) is 38.7. The highest BCUT2D eigenvalue weighted by atomic mass is 15.2. The van der Waals surface area contributed by atoms with Gasteiger partial charge in [0.2, 0.25) is 6.71 Å². The SMILES string of the molecule is C=C(/C=C\C=C/C)C1C=CC=C(N2c3cc(-c4ccccc4)ccc3B3c4c2cccc4N(c2ccc(C(C)(C)C)cc2)C2C=CC(C(C)(C)C)=CC32C)C1. The lowest BCUT2D eigenvalue weighted by Crippen LogP contribution is -2.66. The second-order valence-corrected chi connectivity index (χ2v) is 18.1. The minimum atomic E-state index is -0.243. The summed E-state index contributed by atoms with van der Waals surface area (Å²) < 4.78 is 0. The van der Waals surface area contributed by atoms with Gasteiger partial charge in [0.25, 0.3) is 0 Å². The maximum absolute atomic E-state index is 4.53. The van der Waals surface area contributed by atoms with E-state index in [0.717, 1.165) is 12.0 Å². The molecule has 4 aromatic rings. The van der Waals surface area contributed by atoms with Gasteiger partial charge in [-0.15, -0.1) is 0 Å². The van der Waals surface area contributed by atoms with Gasteiger partial charge in [-0.05, 0) is 105 Å². The Labute approximate surface area is 330 Å². The fraction of sp³-hybridized carbons (Fsp3) is 0.269. The normalized spacial score (nSPS) is 21.7. The predicted octanol–water partition coefficient (Wildman–Crippen LogP) is 12.7. The molecule has 2 nitrogen and oxygen atoms in total. The number of hydrogen-bond donors (Lipinski definition) is 0. The van der Waals surface area contributed by atoms with Crippen molar-refractivity contribution in [2.24, 2.45) is 11.3 Å². The van der Waals surface area contributed by atoms with Gasteiger partial charge in [-0.25, -0.2) is 0 Å². The fourth-order valence-electron chi connectivity index (χ4n) is 9.30.